The Labute approximate surface area is 153 Å². The number of ether oxygens (including phenoxy) is 1. The number of carbonyl (C=O) groups is 1. The molecule has 1 N–H and O–H groups in total. The number of alkyl halides is 3. The molecule has 0 saturated heterocycles. The maximum Gasteiger partial charge on any atom is 0.422 e. The van der Waals surface area contributed by atoms with Gasteiger partial charge in [-0.05, 0) is 42.0 Å². The van der Waals surface area contributed by atoms with Gasteiger partial charge in [-0.1, -0.05) is 12.1 Å². The lowest BCUT2D eigenvalue weighted by atomic mass is 10.1. The Balaban J connectivity index is 1.53. The van der Waals surface area contributed by atoms with Crippen molar-refractivity contribution >= 4 is 5.91 Å². The minimum atomic E-state index is -4.37. The molecule has 0 aliphatic heterocycles. The van der Waals surface area contributed by atoms with Crippen LogP contribution in [0.1, 0.15) is 15.9 Å². The number of carbonyl (C=O) groups excluding carboxylic acids is 1. The second kappa shape index (κ2) is 7.94. The van der Waals surface area contributed by atoms with Gasteiger partial charge in [0.25, 0.3) is 5.91 Å². The van der Waals surface area contributed by atoms with E-state index in [1.54, 1.807) is 43.0 Å². The zero-order valence-electron chi connectivity index (χ0n) is 14.1. The van der Waals surface area contributed by atoms with Gasteiger partial charge >= 0.3 is 6.18 Å². The Morgan fingerprint density at radius 1 is 1.07 bits per heavy atom. The maximum absolute atomic E-state index is 12.2. The van der Waals surface area contributed by atoms with Crippen LogP contribution in [-0.4, -0.2) is 28.2 Å². The molecule has 0 atom stereocenters. The largest absolute Gasteiger partial charge is 0.484 e. The number of aromatic nitrogens is 2. The van der Waals surface area contributed by atoms with Gasteiger partial charge in [-0.25, -0.2) is 4.98 Å². The van der Waals surface area contributed by atoms with Gasteiger partial charge in [0.15, 0.2) is 6.61 Å². The SMILES string of the molecule is O=C(NCc1ccc(OCC(F)(F)F)cc1)c1ccc(-n2ccnc2)cc1. The van der Waals surface area contributed by atoms with E-state index in [0.29, 0.717) is 5.56 Å². The Hall–Kier alpha value is -3.29. The standard InChI is InChI=1S/C19H16F3N3O2/c20-19(21,22)12-27-17-7-1-14(2-8-17)11-24-18(26)15-3-5-16(6-4-15)25-10-9-23-13-25/h1-10,13H,11-12H2,(H,24,26). The lowest BCUT2D eigenvalue weighted by molar-refractivity contribution is -0.153. The van der Waals surface area contributed by atoms with Crippen molar-refractivity contribution in [2.45, 2.75) is 12.7 Å². The van der Waals surface area contributed by atoms with Crippen molar-refractivity contribution in [3.8, 4) is 11.4 Å². The van der Waals surface area contributed by atoms with Gasteiger partial charge in [-0.3, -0.25) is 4.79 Å². The molecule has 0 unspecified atom stereocenters. The van der Waals surface area contributed by atoms with Crippen molar-refractivity contribution in [1.82, 2.24) is 14.9 Å². The minimum absolute atomic E-state index is 0.123. The number of nitrogens with one attached hydrogen (secondary N) is 1. The fraction of sp³-hybridized carbons (Fsp3) is 0.158. The van der Waals surface area contributed by atoms with E-state index >= 15 is 0 Å². The predicted octanol–water partition coefficient (Wildman–Crippen LogP) is 3.74. The molecule has 1 aromatic heterocycles. The Bertz CT molecular complexity index is 874. The third-order valence-corrected chi connectivity index (χ3v) is 3.71. The van der Waals surface area contributed by atoms with Crippen molar-refractivity contribution < 1.29 is 22.7 Å². The molecule has 0 fully saturated rings. The van der Waals surface area contributed by atoms with Gasteiger partial charge in [-0.2, -0.15) is 13.2 Å². The first-order valence-corrected chi connectivity index (χ1v) is 8.06. The molecule has 5 nitrogen and oxygen atoms in total. The average molecular weight is 375 g/mol. The number of hydrogen-bond acceptors (Lipinski definition) is 3. The molecule has 0 radical (unpaired) electrons. The summed E-state index contributed by atoms with van der Waals surface area (Å²) in [7, 11) is 0. The van der Waals surface area contributed by atoms with E-state index in [2.05, 4.69) is 15.0 Å². The van der Waals surface area contributed by atoms with E-state index < -0.39 is 12.8 Å². The Kier molecular flexibility index (Phi) is 5.44. The molecule has 0 spiro atoms. The van der Waals surface area contributed by atoms with Crippen LogP contribution in [0.15, 0.2) is 67.3 Å². The quantitative estimate of drug-likeness (QED) is 0.714. The second-order valence-electron chi connectivity index (χ2n) is 5.75. The molecule has 0 bridgehead atoms. The number of rotatable bonds is 6. The monoisotopic (exact) mass is 375 g/mol. The summed E-state index contributed by atoms with van der Waals surface area (Å²) in [6, 6.07) is 13.1. The summed E-state index contributed by atoms with van der Waals surface area (Å²) in [6.45, 7) is -1.08. The van der Waals surface area contributed by atoms with E-state index in [9.17, 15) is 18.0 Å². The molecule has 8 heteroatoms. The topological polar surface area (TPSA) is 56.1 Å². The highest BCUT2D eigenvalue weighted by molar-refractivity contribution is 5.94. The normalized spacial score (nSPS) is 11.2. The van der Waals surface area contributed by atoms with Gasteiger partial charge in [0.1, 0.15) is 5.75 Å². The highest BCUT2D eigenvalue weighted by Gasteiger charge is 2.28. The van der Waals surface area contributed by atoms with E-state index in [1.807, 2.05) is 16.7 Å². The molecular formula is C19H16F3N3O2. The number of amides is 1. The Morgan fingerprint density at radius 2 is 1.78 bits per heavy atom. The number of nitrogens with zero attached hydrogens (tertiary/aromatic N) is 2. The van der Waals surface area contributed by atoms with Crippen LogP contribution in [0.2, 0.25) is 0 Å². The van der Waals surface area contributed by atoms with Crippen LogP contribution < -0.4 is 10.1 Å². The summed E-state index contributed by atoms with van der Waals surface area (Å²) in [5.41, 5.74) is 2.14. The lowest BCUT2D eigenvalue weighted by Crippen LogP contribution is -2.22. The molecule has 27 heavy (non-hydrogen) atoms. The molecule has 0 aliphatic carbocycles. The first kappa shape index (κ1) is 18.5. The number of halogens is 3. The Morgan fingerprint density at radius 3 is 2.37 bits per heavy atom. The molecule has 140 valence electrons. The van der Waals surface area contributed by atoms with E-state index in [0.717, 1.165) is 11.3 Å². The smallest absolute Gasteiger partial charge is 0.422 e. The average Bonchev–Trinajstić information content (AvgIpc) is 3.19. The first-order chi connectivity index (χ1) is 12.9. The molecule has 1 amide bonds. The fourth-order valence-corrected chi connectivity index (χ4v) is 2.35. The molecule has 0 aliphatic rings. The third-order valence-electron chi connectivity index (χ3n) is 3.71. The van der Waals surface area contributed by atoms with Crippen LogP contribution >= 0.6 is 0 Å². The van der Waals surface area contributed by atoms with Crippen molar-refractivity contribution in [2.75, 3.05) is 6.61 Å². The van der Waals surface area contributed by atoms with Gasteiger partial charge in [-0.15, -0.1) is 0 Å². The number of imidazole rings is 1. The van der Waals surface area contributed by atoms with Crippen LogP contribution in [0, 0.1) is 0 Å². The maximum atomic E-state index is 12.2. The van der Waals surface area contributed by atoms with Crippen molar-refractivity contribution in [2.24, 2.45) is 0 Å². The van der Waals surface area contributed by atoms with Crippen molar-refractivity contribution in [1.29, 1.82) is 0 Å². The van der Waals surface area contributed by atoms with Gasteiger partial charge in [0.2, 0.25) is 0 Å². The molecule has 1 heterocycles. The predicted molar refractivity (Wildman–Crippen MR) is 92.7 cm³/mol. The van der Waals surface area contributed by atoms with Crippen LogP contribution in [0.3, 0.4) is 0 Å². The summed E-state index contributed by atoms with van der Waals surface area (Å²) >= 11 is 0. The van der Waals surface area contributed by atoms with Gasteiger partial charge < -0.3 is 14.6 Å². The van der Waals surface area contributed by atoms with E-state index in [1.165, 1.54) is 12.1 Å². The summed E-state index contributed by atoms with van der Waals surface area (Å²) in [5, 5.41) is 2.77. The first-order valence-electron chi connectivity index (χ1n) is 8.06. The zero-order chi connectivity index (χ0) is 19.3. The molecule has 2 aromatic carbocycles. The van der Waals surface area contributed by atoms with E-state index in [4.69, 9.17) is 0 Å². The third kappa shape index (κ3) is 5.34. The minimum Gasteiger partial charge on any atom is -0.484 e. The summed E-state index contributed by atoms with van der Waals surface area (Å²) in [5.74, 6) is -0.123. The number of benzene rings is 2. The summed E-state index contributed by atoms with van der Waals surface area (Å²) in [6.07, 6.45) is 0.758. The highest BCUT2D eigenvalue weighted by Crippen LogP contribution is 2.19. The summed E-state index contributed by atoms with van der Waals surface area (Å²) < 4.78 is 42.8. The van der Waals surface area contributed by atoms with Crippen LogP contribution in [0.5, 0.6) is 5.75 Å². The van der Waals surface area contributed by atoms with Crippen molar-refractivity contribution in [3.63, 3.8) is 0 Å². The van der Waals surface area contributed by atoms with Gasteiger partial charge in [0.05, 0.1) is 6.33 Å². The van der Waals surface area contributed by atoms with Gasteiger partial charge in [0, 0.05) is 30.2 Å². The van der Waals surface area contributed by atoms with Crippen LogP contribution in [-0.2, 0) is 6.54 Å². The van der Waals surface area contributed by atoms with Crippen LogP contribution in [0.4, 0.5) is 13.2 Å². The number of hydrogen-bond donors (Lipinski definition) is 1. The van der Waals surface area contributed by atoms with Crippen LogP contribution in [0.25, 0.3) is 5.69 Å². The molecular weight excluding hydrogens is 359 g/mol. The van der Waals surface area contributed by atoms with E-state index in [-0.39, 0.29) is 18.2 Å². The summed E-state index contributed by atoms with van der Waals surface area (Å²) in [4.78, 5) is 16.2. The zero-order valence-corrected chi connectivity index (χ0v) is 14.1. The van der Waals surface area contributed by atoms with Crippen molar-refractivity contribution in [3.05, 3.63) is 78.4 Å². The second-order valence-corrected chi connectivity index (χ2v) is 5.75. The lowest BCUT2D eigenvalue weighted by Gasteiger charge is -2.10. The highest BCUT2D eigenvalue weighted by atomic mass is 19.4. The molecule has 3 rings (SSSR count). The molecule has 3 aromatic rings. The fourth-order valence-electron chi connectivity index (χ4n) is 2.35. The molecule has 0 saturated carbocycles.